The maximum absolute atomic E-state index is 6.03. The molecule has 2 nitrogen and oxygen atoms in total. The number of likely N-dealkylation sites (tertiary alicyclic amines) is 1. The highest BCUT2D eigenvalue weighted by Gasteiger charge is 2.38. The Morgan fingerprint density at radius 1 is 1.17 bits per heavy atom. The summed E-state index contributed by atoms with van der Waals surface area (Å²) in [5.74, 6) is 2.60. The number of nitrogens with two attached hydrogens (primary N) is 1. The molecule has 1 saturated heterocycles. The van der Waals surface area contributed by atoms with Crippen LogP contribution >= 0.6 is 0 Å². The van der Waals surface area contributed by atoms with Crippen molar-refractivity contribution in [3.8, 4) is 0 Å². The minimum Gasteiger partial charge on any atom is -0.330 e. The zero-order valence-corrected chi connectivity index (χ0v) is 12.6. The summed E-state index contributed by atoms with van der Waals surface area (Å²) in [7, 11) is 0. The molecule has 2 N–H and O–H groups in total. The Bertz CT molecular complexity index is 253. The van der Waals surface area contributed by atoms with Crippen molar-refractivity contribution in [2.24, 2.45) is 23.5 Å². The van der Waals surface area contributed by atoms with Gasteiger partial charge in [0.15, 0.2) is 0 Å². The van der Waals surface area contributed by atoms with Crippen molar-refractivity contribution in [3.05, 3.63) is 0 Å². The molecule has 0 amide bonds. The Balaban J connectivity index is 2.01. The molecule has 106 valence electrons. The Labute approximate surface area is 113 Å². The summed E-state index contributed by atoms with van der Waals surface area (Å²) in [5.41, 5.74) is 6.03. The van der Waals surface area contributed by atoms with E-state index in [1.165, 1.54) is 45.1 Å². The van der Waals surface area contributed by atoms with Gasteiger partial charge in [-0.25, -0.2) is 0 Å². The Hall–Kier alpha value is -0.0800. The smallest absolute Gasteiger partial charge is 0.0141 e. The highest BCUT2D eigenvalue weighted by molar-refractivity contribution is 4.93. The van der Waals surface area contributed by atoms with Crippen LogP contribution in [0.5, 0.6) is 0 Å². The van der Waals surface area contributed by atoms with E-state index in [4.69, 9.17) is 5.73 Å². The molecule has 2 aliphatic rings. The summed E-state index contributed by atoms with van der Waals surface area (Å²) in [5, 5.41) is 0. The van der Waals surface area contributed by atoms with E-state index in [2.05, 4.69) is 25.7 Å². The van der Waals surface area contributed by atoms with Gasteiger partial charge in [0.25, 0.3) is 0 Å². The fraction of sp³-hybridized carbons (Fsp3) is 1.00. The van der Waals surface area contributed by atoms with Crippen molar-refractivity contribution >= 4 is 0 Å². The molecule has 0 bridgehead atoms. The van der Waals surface area contributed by atoms with Gasteiger partial charge in [-0.05, 0) is 50.5 Å². The van der Waals surface area contributed by atoms with Crippen molar-refractivity contribution in [3.63, 3.8) is 0 Å². The Kier molecular flexibility index (Phi) is 5.08. The van der Waals surface area contributed by atoms with Crippen molar-refractivity contribution in [1.29, 1.82) is 0 Å². The first-order valence-corrected chi connectivity index (χ1v) is 8.11. The standard InChI is InChI=1S/C16H32N2/c1-4-5-14-6-7-15(10-17)16(9-14)18-11-12(2)8-13(18)3/h12-16H,4-11,17H2,1-3H3. The molecule has 0 aromatic carbocycles. The molecule has 18 heavy (non-hydrogen) atoms. The fourth-order valence-electron chi connectivity index (χ4n) is 4.44. The summed E-state index contributed by atoms with van der Waals surface area (Å²) < 4.78 is 0. The molecule has 5 atom stereocenters. The van der Waals surface area contributed by atoms with E-state index >= 15 is 0 Å². The number of hydrogen-bond acceptors (Lipinski definition) is 2. The average Bonchev–Trinajstić information content (AvgIpc) is 2.69. The van der Waals surface area contributed by atoms with Gasteiger partial charge in [0.1, 0.15) is 0 Å². The molecular weight excluding hydrogens is 220 g/mol. The van der Waals surface area contributed by atoms with Crippen LogP contribution < -0.4 is 5.73 Å². The summed E-state index contributed by atoms with van der Waals surface area (Å²) in [6.07, 6.45) is 8.34. The zero-order valence-electron chi connectivity index (χ0n) is 12.6. The third-order valence-electron chi connectivity index (χ3n) is 5.32. The topological polar surface area (TPSA) is 29.3 Å². The molecule has 5 unspecified atom stereocenters. The molecule has 2 rings (SSSR count). The molecular formula is C16H32N2. The first kappa shape index (κ1) is 14.3. The van der Waals surface area contributed by atoms with E-state index < -0.39 is 0 Å². The summed E-state index contributed by atoms with van der Waals surface area (Å²) in [6, 6.07) is 1.56. The van der Waals surface area contributed by atoms with Crippen LogP contribution in [-0.4, -0.2) is 30.1 Å². The lowest BCUT2D eigenvalue weighted by atomic mass is 9.76. The number of nitrogens with zero attached hydrogens (tertiary/aromatic N) is 1. The van der Waals surface area contributed by atoms with Crippen LogP contribution in [0, 0.1) is 17.8 Å². The quantitative estimate of drug-likeness (QED) is 0.832. The van der Waals surface area contributed by atoms with E-state index in [1.54, 1.807) is 0 Å². The SMILES string of the molecule is CCCC1CCC(CN)C(N2CC(C)CC2C)C1. The molecule has 1 saturated carbocycles. The maximum Gasteiger partial charge on any atom is 0.0141 e. The van der Waals surface area contributed by atoms with E-state index in [1.807, 2.05) is 0 Å². The van der Waals surface area contributed by atoms with Crippen molar-refractivity contribution < 1.29 is 0 Å². The molecule has 1 aliphatic carbocycles. The van der Waals surface area contributed by atoms with Gasteiger partial charge in [0, 0.05) is 18.6 Å². The van der Waals surface area contributed by atoms with Crippen LogP contribution in [0.25, 0.3) is 0 Å². The van der Waals surface area contributed by atoms with Crippen LogP contribution in [0.4, 0.5) is 0 Å². The second-order valence-electron chi connectivity index (χ2n) is 6.92. The van der Waals surface area contributed by atoms with Gasteiger partial charge in [0.2, 0.25) is 0 Å². The minimum absolute atomic E-state index is 0.755. The van der Waals surface area contributed by atoms with Gasteiger partial charge in [-0.15, -0.1) is 0 Å². The predicted octanol–water partition coefficient (Wildman–Crippen LogP) is 3.26. The second kappa shape index (κ2) is 6.38. The van der Waals surface area contributed by atoms with Crippen molar-refractivity contribution in [2.75, 3.05) is 13.1 Å². The molecule has 0 aromatic rings. The lowest BCUT2D eigenvalue weighted by Gasteiger charge is -2.43. The largest absolute Gasteiger partial charge is 0.330 e. The molecule has 0 spiro atoms. The van der Waals surface area contributed by atoms with Crippen LogP contribution in [0.1, 0.15) is 59.3 Å². The summed E-state index contributed by atoms with van der Waals surface area (Å²) >= 11 is 0. The first-order chi connectivity index (χ1) is 8.65. The monoisotopic (exact) mass is 252 g/mol. The molecule has 0 radical (unpaired) electrons. The van der Waals surface area contributed by atoms with Gasteiger partial charge in [-0.1, -0.05) is 33.1 Å². The maximum atomic E-state index is 6.03. The Morgan fingerprint density at radius 2 is 1.94 bits per heavy atom. The van der Waals surface area contributed by atoms with Gasteiger partial charge in [-0.3, -0.25) is 4.90 Å². The molecule has 1 aliphatic heterocycles. The average molecular weight is 252 g/mol. The Morgan fingerprint density at radius 3 is 2.50 bits per heavy atom. The van der Waals surface area contributed by atoms with E-state index in [9.17, 15) is 0 Å². The van der Waals surface area contributed by atoms with E-state index in [-0.39, 0.29) is 0 Å². The summed E-state index contributed by atoms with van der Waals surface area (Å²) in [4.78, 5) is 2.80. The van der Waals surface area contributed by atoms with Crippen LogP contribution in [0.3, 0.4) is 0 Å². The van der Waals surface area contributed by atoms with E-state index in [0.717, 1.165) is 36.4 Å². The number of rotatable bonds is 4. The van der Waals surface area contributed by atoms with Crippen LogP contribution in [0.2, 0.25) is 0 Å². The summed E-state index contributed by atoms with van der Waals surface area (Å²) in [6.45, 7) is 9.34. The van der Waals surface area contributed by atoms with Gasteiger partial charge < -0.3 is 5.73 Å². The highest BCUT2D eigenvalue weighted by atomic mass is 15.2. The van der Waals surface area contributed by atoms with Gasteiger partial charge in [0.05, 0.1) is 0 Å². The van der Waals surface area contributed by atoms with Gasteiger partial charge >= 0.3 is 0 Å². The highest BCUT2D eigenvalue weighted by Crippen LogP contribution is 2.38. The van der Waals surface area contributed by atoms with Crippen molar-refractivity contribution in [2.45, 2.75) is 71.4 Å². The molecule has 1 heterocycles. The fourth-order valence-corrected chi connectivity index (χ4v) is 4.44. The molecule has 2 heteroatoms. The van der Waals surface area contributed by atoms with Gasteiger partial charge in [-0.2, -0.15) is 0 Å². The molecule has 0 aromatic heterocycles. The normalized spacial score (nSPS) is 42.3. The first-order valence-electron chi connectivity index (χ1n) is 8.11. The molecule has 2 fully saturated rings. The van der Waals surface area contributed by atoms with E-state index in [0.29, 0.717) is 0 Å². The lowest BCUT2D eigenvalue weighted by Crippen LogP contribution is -2.48. The lowest BCUT2D eigenvalue weighted by molar-refractivity contribution is 0.0726. The third-order valence-corrected chi connectivity index (χ3v) is 5.32. The van der Waals surface area contributed by atoms with Crippen LogP contribution in [0.15, 0.2) is 0 Å². The zero-order chi connectivity index (χ0) is 13.1. The third kappa shape index (κ3) is 3.08. The van der Waals surface area contributed by atoms with Crippen LogP contribution in [-0.2, 0) is 0 Å². The second-order valence-corrected chi connectivity index (χ2v) is 6.92. The van der Waals surface area contributed by atoms with Crippen molar-refractivity contribution in [1.82, 2.24) is 4.90 Å². The number of hydrogen-bond donors (Lipinski definition) is 1. The minimum atomic E-state index is 0.755. The predicted molar refractivity (Wildman–Crippen MR) is 78.5 cm³/mol.